The highest BCUT2D eigenvalue weighted by atomic mass is 16.4. The van der Waals surface area contributed by atoms with Crippen LogP contribution in [0.4, 0.5) is 5.69 Å². The molecule has 1 aromatic carbocycles. The Labute approximate surface area is 120 Å². The monoisotopic (exact) mass is 280 g/mol. The van der Waals surface area contributed by atoms with Gasteiger partial charge in [-0.3, -0.25) is 4.79 Å². The van der Waals surface area contributed by atoms with Gasteiger partial charge in [0.15, 0.2) is 0 Å². The second-order valence-electron chi connectivity index (χ2n) is 5.47. The van der Waals surface area contributed by atoms with E-state index in [-0.39, 0.29) is 12.5 Å². The number of hydrogen-bond acceptors (Lipinski definition) is 4. The number of aliphatic hydroxyl groups is 1. The highest BCUT2D eigenvalue weighted by Gasteiger charge is 2.21. The summed E-state index contributed by atoms with van der Waals surface area (Å²) in [4.78, 5) is 13.0. The van der Waals surface area contributed by atoms with Crippen LogP contribution in [-0.2, 0) is 4.79 Å². The van der Waals surface area contributed by atoms with Gasteiger partial charge in [-0.2, -0.15) is 0 Å². The van der Waals surface area contributed by atoms with E-state index in [1.165, 1.54) is 0 Å². The van der Waals surface area contributed by atoms with Gasteiger partial charge >= 0.3 is 5.97 Å². The SMILES string of the molecule is CC(C)C(NCC(O)c1ccc(N(C)C)cc1)C(=O)O. The first kappa shape index (κ1) is 16.5. The number of anilines is 1. The first-order chi connectivity index (χ1) is 9.32. The topological polar surface area (TPSA) is 72.8 Å². The molecule has 0 aliphatic heterocycles. The molecule has 5 nitrogen and oxygen atoms in total. The molecule has 20 heavy (non-hydrogen) atoms. The van der Waals surface area contributed by atoms with E-state index in [1.807, 2.05) is 57.1 Å². The Balaban J connectivity index is 2.62. The van der Waals surface area contributed by atoms with Crippen molar-refractivity contribution in [3.05, 3.63) is 29.8 Å². The van der Waals surface area contributed by atoms with E-state index in [0.29, 0.717) is 0 Å². The van der Waals surface area contributed by atoms with Gasteiger partial charge in [-0.15, -0.1) is 0 Å². The van der Waals surface area contributed by atoms with E-state index >= 15 is 0 Å². The van der Waals surface area contributed by atoms with Crippen molar-refractivity contribution in [1.29, 1.82) is 0 Å². The predicted octanol–water partition coefficient (Wildman–Crippen LogP) is 1.48. The van der Waals surface area contributed by atoms with Crippen molar-refractivity contribution in [3.63, 3.8) is 0 Å². The molecule has 0 spiro atoms. The van der Waals surface area contributed by atoms with E-state index in [9.17, 15) is 9.90 Å². The van der Waals surface area contributed by atoms with Crippen LogP contribution in [0.2, 0.25) is 0 Å². The quantitative estimate of drug-likeness (QED) is 0.705. The van der Waals surface area contributed by atoms with E-state index < -0.39 is 18.1 Å². The maximum Gasteiger partial charge on any atom is 0.320 e. The first-order valence-corrected chi connectivity index (χ1v) is 6.74. The number of benzene rings is 1. The second-order valence-corrected chi connectivity index (χ2v) is 5.47. The van der Waals surface area contributed by atoms with Crippen molar-refractivity contribution < 1.29 is 15.0 Å². The first-order valence-electron chi connectivity index (χ1n) is 6.74. The Morgan fingerprint density at radius 3 is 2.20 bits per heavy atom. The van der Waals surface area contributed by atoms with Crippen LogP contribution < -0.4 is 10.2 Å². The molecule has 5 heteroatoms. The summed E-state index contributed by atoms with van der Waals surface area (Å²) in [7, 11) is 3.90. The second kappa shape index (κ2) is 7.26. The Kier molecular flexibility index (Phi) is 5.98. The Hall–Kier alpha value is -1.59. The van der Waals surface area contributed by atoms with Crippen LogP contribution in [0.5, 0.6) is 0 Å². The molecule has 0 heterocycles. The van der Waals surface area contributed by atoms with Crippen molar-refractivity contribution in [1.82, 2.24) is 5.32 Å². The lowest BCUT2D eigenvalue weighted by Crippen LogP contribution is -2.42. The van der Waals surface area contributed by atoms with Gasteiger partial charge in [0.1, 0.15) is 6.04 Å². The number of aliphatic hydroxyl groups excluding tert-OH is 1. The molecule has 1 rings (SSSR count). The maximum atomic E-state index is 11.1. The van der Waals surface area contributed by atoms with E-state index in [1.54, 1.807) is 0 Å². The molecule has 112 valence electrons. The number of hydrogen-bond donors (Lipinski definition) is 3. The number of aliphatic carboxylic acids is 1. The summed E-state index contributed by atoms with van der Waals surface area (Å²) < 4.78 is 0. The summed E-state index contributed by atoms with van der Waals surface area (Å²) in [5, 5.41) is 22.1. The van der Waals surface area contributed by atoms with Gasteiger partial charge in [0, 0.05) is 26.3 Å². The summed E-state index contributed by atoms with van der Waals surface area (Å²) in [5.74, 6) is -0.925. The smallest absolute Gasteiger partial charge is 0.320 e. The lowest BCUT2D eigenvalue weighted by Gasteiger charge is -2.21. The molecule has 2 atom stereocenters. The fourth-order valence-electron chi connectivity index (χ4n) is 1.96. The summed E-state index contributed by atoms with van der Waals surface area (Å²) >= 11 is 0. The average molecular weight is 280 g/mol. The number of nitrogens with one attached hydrogen (secondary N) is 1. The van der Waals surface area contributed by atoms with E-state index in [0.717, 1.165) is 11.3 Å². The Morgan fingerprint density at radius 1 is 1.25 bits per heavy atom. The lowest BCUT2D eigenvalue weighted by atomic mass is 10.0. The summed E-state index contributed by atoms with van der Waals surface area (Å²) in [6, 6.07) is 6.91. The Morgan fingerprint density at radius 2 is 1.80 bits per heavy atom. The van der Waals surface area contributed by atoms with Gasteiger partial charge < -0.3 is 20.4 Å². The minimum atomic E-state index is -0.893. The van der Waals surface area contributed by atoms with Crippen molar-refractivity contribution in [3.8, 4) is 0 Å². The molecule has 0 bridgehead atoms. The summed E-state index contributed by atoms with van der Waals surface area (Å²) in [6.45, 7) is 3.89. The predicted molar refractivity (Wildman–Crippen MR) is 80.0 cm³/mol. The molecule has 3 N–H and O–H groups in total. The van der Waals surface area contributed by atoms with Crippen LogP contribution in [0.25, 0.3) is 0 Å². The fraction of sp³-hybridized carbons (Fsp3) is 0.533. The molecule has 1 aromatic rings. The number of carboxylic acids is 1. The van der Waals surface area contributed by atoms with Crippen molar-refractivity contribution in [2.75, 3.05) is 25.5 Å². The van der Waals surface area contributed by atoms with Gasteiger partial charge in [-0.25, -0.2) is 0 Å². The van der Waals surface area contributed by atoms with Gasteiger partial charge in [0.2, 0.25) is 0 Å². The van der Waals surface area contributed by atoms with Crippen LogP contribution in [0, 0.1) is 5.92 Å². The van der Waals surface area contributed by atoms with Crippen LogP contribution in [-0.4, -0.2) is 42.9 Å². The minimum Gasteiger partial charge on any atom is -0.480 e. The third-order valence-corrected chi connectivity index (χ3v) is 3.26. The largest absolute Gasteiger partial charge is 0.480 e. The van der Waals surface area contributed by atoms with Gasteiger partial charge in [-0.1, -0.05) is 26.0 Å². The molecule has 0 aromatic heterocycles. The zero-order chi connectivity index (χ0) is 15.3. The number of carboxylic acid groups (broad SMARTS) is 1. The van der Waals surface area contributed by atoms with Crippen LogP contribution >= 0.6 is 0 Å². The molecule has 0 aliphatic rings. The number of carbonyl (C=O) groups is 1. The molecule has 0 fully saturated rings. The summed E-state index contributed by atoms with van der Waals surface area (Å²) in [5.41, 5.74) is 1.83. The van der Waals surface area contributed by atoms with Gasteiger partial charge in [-0.05, 0) is 23.6 Å². The van der Waals surface area contributed by atoms with E-state index in [4.69, 9.17) is 5.11 Å². The molecule has 0 radical (unpaired) electrons. The van der Waals surface area contributed by atoms with Crippen molar-refractivity contribution in [2.45, 2.75) is 26.0 Å². The van der Waals surface area contributed by atoms with Crippen LogP contribution in [0.15, 0.2) is 24.3 Å². The van der Waals surface area contributed by atoms with Crippen molar-refractivity contribution >= 4 is 11.7 Å². The number of rotatable bonds is 7. The normalized spacial score (nSPS) is 14.1. The number of nitrogens with zero attached hydrogens (tertiary/aromatic N) is 1. The zero-order valence-corrected chi connectivity index (χ0v) is 12.5. The van der Waals surface area contributed by atoms with Gasteiger partial charge in [0.05, 0.1) is 6.10 Å². The third kappa shape index (κ3) is 4.51. The van der Waals surface area contributed by atoms with Gasteiger partial charge in [0.25, 0.3) is 0 Å². The van der Waals surface area contributed by atoms with Crippen molar-refractivity contribution in [2.24, 2.45) is 5.92 Å². The highest BCUT2D eigenvalue weighted by Crippen LogP contribution is 2.17. The average Bonchev–Trinajstić information content (AvgIpc) is 2.38. The molecule has 0 saturated heterocycles. The van der Waals surface area contributed by atoms with Crippen LogP contribution in [0.3, 0.4) is 0 Å². The standard InChI is InChI=1S/C15H24N2O3/c1-10(2)14(15(19)20)16-9-13(18)11-5-7-12(8-6-11)17(3)4/h5-8,10,13-14,16,18H,9H2,1-4H3,(H,19,20). The Bertz CT molecular complexity index is 429. The molecular weight excluding hydrogens is 256 g/mol. The molecule has 0 aliphatic carbocycles. The lowest BCUT2D eigenvalue weighted by molar-refractivity contribution is -0.140. The van der Waals surface area contributed by atoms with Crippen LogP contribution in [0.1, 0.15) is 25.5 Å². The zero-order valence-electron chi connectivity index (χ0n) is 12.5. The molecule has 0 amide bonds. The molecular formula is C15H24N2O3. The third-order valence-electron chi connectivity index (χ3n) is 3.26. The molecule has 0 saturated carbocycles. The maximum absolute atomic E-state index is 11.1. The highest BCUT2D eigenvalue weighted by molar-refractivity contribution is 5.73. The summed E-state index contributed by atoms with van der Waals surface area (Å²) in [6.07, 6.45) is -0.716. The molecule has 2 unspecified atom stereocenters. The fourth-order valence-corrected chi connectivity index (χ4v) is 1.96. The van der Waals surface area contributed by atoms with E-state index in [2.05, 4.69) is 5.32 Å². The minimum absolute atomic E-state index is 0.0317.